The highest BCUT2D eigenvalue weighted by Gasteiger charge is 2.38. The van der Waals surface area contributed by atoms with Crippen molar-refractivity contribution in [2.45, 2.75) is 45.2 Å². The van der Waals surface area contributed by atoms with E-state index in [0.29, 0.717) is 37.4 Å². The molecule has 0 unspecified atom stereocenters. The normalized spacial score (nSPS) is 24.2. The fourth-order valence-electron chi connectivity index (χ4n) is 4.29. The minimum absolute atomic E-state index is 0.324. The van der Waals surface area contributed by atoms with E-state index in [9.17, 15) is 4.79 Å². The number of piperidine rings is 2. The summed E-state index contributed by atoms with van der Waals surface area (Å²) in [7, 11) is 0. The summed E-state index contributed by atoms with van der Waals surface area (Å²) >= 11 is 0. The van der Waals surface area contributed by atoms with Crippen LogP contribution in [0, 0.1) is 5.92 Å². The molecule has 2 aliphatic heterocycles. The first-order chi connectivity index (χ1) is 12.2. The van der Waals surface area contributed by atoms with Crippen molar-refractivity contribution >= 4 is 5.91 Å². The summed E-state index contributed by atoms with van der Waals surface area (Å²) in [5.41, 5.74) is 6.91. The van der Waals surface area contributed by atoms with Gasteiger partial charge in [-0.3, -0.25) is 9.69 Å². The van der Waals surface area contributed by atoms with E-state index in [1.54, 1.807) is 0 Å². The largest absolute Gasteiger partial charge is 0.494 e. The molecule has 0 aliphatic carbocycles. The van der Waals surface area contributed by atoms with Gasteiger partial charge in [-0.2, -0.15) is 0 Å². The van der Waals surface area contributed by atoms with Gasteiger partial charge in [0.15, 0.2) is 0 Å². The van der Waals surface area contributed by atoms with E-state index in [1.165, 1.54) is 5.56 Å². The first kappa shape index (κ1) is 18.2. The average molecular weight is 345 g/mol. The number of carbonyl (C=O) groups is 1. The van der Waals surface area contributed by atoms with Crippen molar-refractivity contribution in [2.75, 3.05) is 32.8 Å². The predicted molar refractivity (Wildman–Crippen MR) is 99.4 cm³/mol. The number of nitrogens with zero attached hydrogens (tertiary/aromatic N) is 2. The lowest BCUT2D eigenvalue weighted by molar-refractivity contribution is -0.141. The average Bonchev–Trinajstić information content (AvgIpc) is 2.63. The predicted octanol–water partition coefficient (Wildman–Crippen LogP) is 2.25. The van der Waals surface area contributed by atoms with Crippen LogP contribution in [0.2, 0.25) is 0 Å². The first-order valence-electron chi connectivity index (χ1n) is 9.65. The summed E-state index contributed by atoms with van der Waals surface area (Å²) in [6, 6.07) is 8.74. The topological polar surface area (TPSA) is 58.8 Å². The van der Waals surface area contributed by atoms with Crippen molar-refractivity contribution in [3.05, 3.63) is 29.8 Å². The van der Waals surface area contributed by atoms with Crippen LogP contribution in [0.1, 0.15) is 38.2 Å². The molecule has 0 spiro atoms. The number of fused-ring (bicyclic) bond motifs is 1. The maximum Gasteiger partial charge on any atom is 0.222 e. The Labute approximate surface area is 151 Å². The van der Waals surface area contributed by atoms with Crippen LogP contribution in [0.25, 0.3) is 0 Å². The maximum atomic E-state index is 12.3. The van der Waals surface area contributed by atoms with Gasteiger partial charge in [-0.05, 0) is 44.7 Å². The van der Waals surface area contributed by atoms with Crippen LogP contribution in [-0.2, 0) is 11.3 Å². The number of ether oxygens (including phenoxy) is 1. The molecule has 3 rings (SSSR count). The molecule has 0 saturated carbocycles. The molecule has 1 aromatic carbocycles. The van der Waals surface area contributed by atoms with Gasteiger partial charge in [0.25, 0.3) is 0 Å². The Morgan fingerprint density at radius 3 is 2.92 bits per heavy atom. The molecule has 138 valence electrons. The van der Waals surface area contributed by atoms with Crippen LogP contribution in [0.5, 0.6) is 5.75 Å². The van der Waals surface area contributed by atoms with E-state index < -0.39 is 0 Å². The highest BCUT2D eigenvalue weighted by atomic mass is 16.5. The molecule has 0 aromatic heterocycles. The Morgan fingerprint density at radius 2 is 2.12 bits per heavy atom. The van der Waals surface area contributed by atoms with Crippen LogP contribution in [-0.4, -0.2) is 54.5 Å². The fraction of sp³-hybridized carbons (Fsp3) is 0.650. The van der Waals surface area contributed by atoms with Gasteiger partial charge < -0.3 is 15.4 Å². The lowest BCUT2D eigenvalue weighted by Crippen LogP contribution is -2.56. The zero-order valence-electron chi connectivity index (χ0n) is 15.3. The number of hydrogen-bond donors (Lipinski definition) is 1. The van der Waals surface area contributed by atoms with Crippen LogP contribution in [0.15, 0.2) is 24.3 Å². The fourth-order valence-corrected chi connectivity index (χ4v) is 4.29. The molecule has 2 N–H and O–H groups in total. The third-order valence-electron chi connectivity index (χ3n) is 5.50. The molecule has 1 aromatic rings. The van der Waals surface area contributed by atoms with Gasteiger partial charge >= 0.3 is 0 Å². The number of nitrogens with two attached hydrogens (primary N) is 1. The second-order valence-electron chi connectivity index (χ2n) is 7.16. The summed E-state index contributed by atoms with van der Waals surface area (Å²) in [4.78, 5) is 16.9. The second kappa shape index (κ2) is 8.68. The molecule has 2 aliphatic rings. The quantitative estimate of drug-likeness (QED) is 0.823. The summed E-state index contributed by atoms with van der Waals surface area (Å²) in [5, 5.41) is 0. The summed E-state index contributed by atoms with van der Waals surface area (Å²) in [5.74, 6) is 1.91. The molecular formula is C20H31N3O2. The highest BCUT2D eigenvalue weighted by Crippen LogP contribution is 2.32. The third kappa shape index (κ3) is 4.33. The van der Waals surface area contributed by atoms with Crippen molar-refractivity contribution < 1.29 is 9.53 Å². The molecular weight excluding hydrogens is 314 g/mol. The molecule has 5 nitrogen and oxygen atoms in total. The lowest BCUT2D eigenvalue weighted by atomic mass is 9.83. The highest BCUT2D eigenvalue weighted by molar-refractivity contribution is 5.77. The van der Waals surface area contributed by atoms with Crippen molar-refractivity contribution in [3.8, 4) is 5.75 Å². The van der Waals surface area contributed by atoms with Crippen molar-refractivity contribution in [3.63, 3.8) is 0 Å². The number of benzene rings is 1. The molecule has 2 atom stereocenters. The lowest BCUT2D eigenvalue weighted by Gasteiger charge is -2.47. The number of para-hydroxylation sites is 1. The van der Waals surface area contributed by atoms with Crippen LogP contribution >= 0.6 is 0 Å². The second-order valence-corrected chi connectivity index (χ2v) is 7.16. The minimum Gasteiger partial charge on any atom is -0.494 e. The van der Waals surface area contributed by atoms with Crippen LogP contribution < -0.4 is 10.5 Å². The van der Waals surface area contributed by atoms with Crippen molar-refractivity contribution in [2.24, 2.45) is 11.7 Å². The van der Waals surface area contributed by atoms with Gasteiger partial charge in [0.05, 0.1) is 6.61 Å². The van der Waals surface area contributed by atoms with E-state index in [4.69, 9.17) is 10.5 Å². The summed E-state index contributed by atoms with van der Waals surface area (Å²) in [6.45, 7) is 7.23. The Hall–Kier alpha value is -1.59. The summed E-state index contributed by atoms with van der Waals surface area (Å²) < 4.78 is 5.77. The van der Waals surface area contributed by atoms with E-state index >= 15 is 0 Å². The van der Waals surface area contributed by atoms with Crippen LogP contribution in [0.4, 0.5) is 0 Å². The van der Waals surface area contributed by atoms with Gasteiger partial charge in [-0.15, -0.1) is 0 Å². The van der Waals surface area contributed by atoms with E-state index in [-0.39, 0.29) is 0 Å². The Kier molecular flexibility index (Phi) is 6.32. The van der Waals surface area contributed by atoms with Gasteiger partial charge in [0.1, 0.15) is 5.75 Å². The van der Waals surface area contributed by atoms with Gasteiger partial charge in [-0.25, -0.2) is 0 Å². The Bertz CT molecular complexity index is 578. The van der Waals surface area contributed by atoms with Gasteiger partial charge in [-0.1, -0.05) is 18.2 Å². The molecule has 1 amide bonds. The van der Waals surface area contributed by atoms with E-state index in [0.717, 1.165) is 51.2 Å². The molecule has 0 bridgehead atoms. The van der Waals surface area contributed by atoms with E-state index in [2.05, 4.69) is 28.0 Å². The van der Waals surface area contributed by atoms with Gasteiger partial charge in [0, 0.05) is 44.2 Å². The number of likely N-dealkylation sites (tertiary alicyclic amines) is 2. The van der Waals surface area contributed by atoms with Gasteiger partial charge in [0.2, 0.25) is 5.91 Å². The molecule has 2 saturated heterocycles. The van der Waals surface area contributed by atoms with Crippen molar-refractivity contribution in [1.29, 1.82) is 0 Å². The Balaban J connectivity index is 1.63. The molecule has 2 heterocycles. The Morgan fingerprint density at radius 1 is 1.28 bits per heavy atom. The standard InChI is InChI=1S/C20H31N3O2/c1-2-25-19-7-4-3-6-17(19)15-22-13-10-18-16(14-22)8-9-20(24)23(18)12-5-11-21/h3-4,6-7,16,18H,2,5,8-15,21H2,1H3/t16-,18+/m0/s1. The number of carbonyl (C=O) groups excluding carboxylic acids is 1. The monoisotopic (exact) mass is 345 g/mol. The zero-order chi connectivity index (χ0) is 17.6. The first-order valence-corrected chi connectivity index (χ1v) is 9.65. The SMILES string of the molecule is CCOc1ccccc1CN1CC[C@@H]2[C@@H](CCC(=O)N2CCCN)C1. The minimum atomic E-state index is 0.324. The summed E-state index contributed by atoms with van der Waals surface area (Å²) in [6.07, 6.45) is 3.68. The molecule has 5 heteroatoms. The maximum absolute atomic E-state index is 12.3. The molecule has 2 fully saturated rings. The molecule has 0 radical (unpaired) electrons. The zero-order valence-corrected chi connectivity index (χ0v) is 15.3. The van der Waals surface area contributed by atoms with Crippen molar-refractivity contribution in [1.82, 2.24) is 9.80 Å². The third-order valence-corrected chi connectivity index (χ3v) is 5.50. The number of hydrogen-bond acceptors (Lipinski definition) is 4. The van der Waals surface area contributed by atoms with Crippen LogP contribution in [0.3, 0.4) is 0 Å². The number of amides is 1. The number of rotatable bonds is 7. The smallest absolute Gasteiger partial charge is 0.222 e. The van der Waals surface area contributed by atoms with E-state index in [1.807, 2.05) is 13.0 Å². The molecule has 25 heavy (non-hydrogen) atoms.